The number of aryl methyl sites for hydroxylation is 4. The fraction of sp³-hybridized carbons (Fsp3) is 0.217. The Labute approximate surface area is 144 Å². The van der Waals surface area contributed by atoms with Crippen molar-refractivity contribution in [1.29, 1.82) is 0 Å². The van der Waals surface area contributed by atoms with Crippen molar-refractivity contribution >= 4 is 0 Å². The lowest BCUT2D eigenvalue weighted by atomic mass is 9.82. The SMILES string of the molecule is Cc1cc(C)cc(C(c2ccccc2)c2cc(C)cc(C)c2O)c1. The predicted octanol–water partition coefficient (Wildman–Crippen LogP) is 5.81. The summed E-state index contributed by atoms with van der Waals surface area (Å²) in [7, 11) is 0. The Hall–Kier alpha value is -2.54. The standard InChI is InChI=1S/C23H24O/c1-15-10-16(2)13-20(12-15)22(19-8-6-5-7-9-19)21-14-17(3)11-18(4)23(21)24/h5-14,22,24H,1-4H3. The van der Waals surface area contributed by atoms with Crippen LogP contribution in [0.2, 0.25) is 0 Å². The van der Waals surface area contributed by atoms with Crippen LogP contribution in [0.5, 0.6) is 5.75 Å². The maximum absolute atomic E-state index is 10.8. The molecule has 3 rings (SSSR count). The van der Waals surface area contributed by atoms with E-state index in [9.17, 15) is 5.11 Å². The molecule has 3 aromatic rings. The first-order valence-electron chi connectivity index (χ1n) is 8.39. The molecule has 1 N–H and O–H groups in total. The highest BCUT2D eigenvalue weighted by Crippen LogP contribution is 2.39. The van der Waals surface area contributed by atoms with E-state index >= 15 is 0 Å². The summed E-state index contributed by atoms with van der Waals surface area (Å²) in [6, 6.07) is 21.2. The topological polar surface area (TPSA) is 20.2 Å². The van der Waals surface area contributed by atoms with E-state index in [0.29, 0.717) is 5.75 Å². The van der Waals surface area contributed by atoms with Crippen molar-refractivity contribution < 1.29 is 5.11 Å². The van der Waals surface area contributed by atoms with Crippen LogP contribution in [0.1, 0.15) is 44.9 Å². The Morgan fingerprint density at radius 2 is 1.25 bits per heavy atom. The van der Waals surface area contributed by atoms with Crippen molar-refractivity contribution in [2.24, 2.45) is 0 Å². The number of aromatic hydroxyl groups is 1. The van der Waals surface area contributed by atoms with Gasteiger partial charge < -0.3 is 5.11 Å². The summed E-state index contributed by atoms with van der Waals surface area (Å²) in [4.78, 5) is 0. The van der Waals surface area contributed by atoms with Gasteiger partial charge in [0.1, 0.15) is 5.75 Å². The third-order valence-electron chi connectivity index (χ3n) is 4.50. The zero-order chi connectivity index (χ0) is 17.3. The van der Waals surface area contributed by atoms with Crippen molar-refractivity contribution in [2.45, 2.75) is 33.6 Å². The molecule has 0 saturated carbocycles. The summed E-state index contributed by atoms with van der Waals surface area (Å²) in [5.74, 6) is 0.428. The van der Waals surface area contributed by atoms with Gasteiger partial charge in [0, 0.05) is 11.5 Å². The van der Waals surface area contributed by atoms with E-state index in [1.807, 2.05) is 19.1 Å². The van der Waals surface area contributed by atoms with E-state index in [-0.39, 0.29) is 5.92 Å². The Balaban J connectivity index is 2.28. The molecule has 3 aromatic carbocycles. The van der Waals surface area contributed by atoms with Gasteiger partial charge in [0.2, 0.25) is 0 Å². The normalized spacial score (nSPS) is 12.2. The van der Waals surface area contributed by atoms with Gasteiger partial charge >= 0.3 is 0 Å². The molecular weight excluding hydrogens is 292 g/mol. The minimum Gasteiger partial charge on any atom is -0.507 e. The quantitative estimate of drug-likeness (QED) is 0.605. The van der Waals surface area contributed by atoms with Gasteiger partial charge in [-0.1, -0.05) is 77.4 Å². The minimum atomic E-state index is 0.0309. The number of phenolic OH excluding ortho intramolecular Hbond substituents is 1. The van der Waals surface area contributed by atoms with Gasteiger partial charge in [-0.2, -0.15) is 0 Å². The van der Waals surface area contributed by atoms with Gasteiger partial charge in [-0.05, 0) is 44.4 Å². The molecule has 1 unspecified atom stereocenters. The third-order valence-corrected chi connectivity index (χ3v) is 4.50. The molecule has 0 heterocycles. The molecule has 0 aliphatic heterocycles. The number of hydrogen-bond donors (Lipinski definition) is 1. The molecule has 1 nitrogen and oxygen atoms in total. The monoisotopic (exact) mass is 316 g/mol. The average molecular weight is 316 g/mol. The van der Waals surface area contributed by atoms with Crippen molar-refractivity contribution in [3.63, 3.8) is 0 Å². The summed E-state index contributed by atoms with van der Waals surface area (Å²) in [6.45, 7) is 8.30. The van der Waals surface area contributed by atoms with Crippen LogP contribution >= 0.6 is 0 Å². The summed E-state index contributed by atoms with van der Waals surface area (Å²) in [6.07, 6.45) is 0. The van der Waals surface area contributed by atoms with E-state index in [1.54, 1.807) is 0 Å². The Bertz CT molecular complexity index is 842. The van der Waals surface area contributed by atoms with E-state index in [0.717, 1.165) is 11.1 Å². The molecule has 24 heavy (non-hydrogen) atoms. The van der Waals surface area contributed by atoms with Crippen LogP contribution in [0, 0.1) is 27.7 Å². The Morgan fingerprint density at radius 1 is 0.667 bits per heavy atom. The van der Waals surface area contributed by atoms with Gasteiger partial charge in [-0.15, -0.1) is 0 Å². The average Bonchev–Trinajstić information content (AvgIpc) is 2.52. The number of hydrogen-bond acceptors (Lipinski definition) is 1. The summed E-state index contributed by atoms with van der Waals surface area (Å²) in [5, 5.41) is 10.8. The van der Waals surface area contributed by atoms with Gasteiger partial charge in [-0.25, -0.2) is 0 Å². The molecule has 0 aliphatic carbocycles. The Morgan fingerprint density at radius 3 is 1.88 bits per heavy atom. The van der Waals surface area contributed by atoms with E-state index in [4.69, 9.17) is 0 Å². The fourth-order valence-corrected chi connectivity index (χ4v) is 3.59. The number of phenols is 1. The molecule has 0 aromatic heterocycles. The van der Waals surface area contributed by atoms with Crippen molar-refractivity contribution in [3.05, 3.63) is 99.6 Å². The molecular formula is C23H24O. The third kappa shape index (κ3) is 3.21. The predicted molar refractivity (Wildman–Crippen MR) is 101 cm³/mol. The van der Waals surface area contributed by atoms with Crippen LogP contribution in [-0.4, -0.2) is 5.11 Å². The molecule has 1 atom stereocenters. The van der Waals surface area contributed by atoms with E-state index < -0.39 is 0 Å². The van der Waals surface area contributed by atoms with Crippen LogP contribution < -0.4 is 0 Å². The van der Waals surface area contributed by atoms with Gasteiger partial charge in [0.15, 0.2) is 0 Å². The molecule has 0 aliphatic rings. The largest absolute Gasteiger partial charge is 0.507 e. The molecule has 122 valence electrons. The van der Waals surface area contributed by atoms with Gasteiger partial charge in [0.25, 0.3) is 0 Å². The lowest BCUT2D eigenvalue weighted by Gasteiger charge is -2.22. The first kappa shape index (κ1) is 16.3. The summed E-state index contributed by atoms with van der Waals surface area (Å²) >= 11 is 0. The second-order valence-corrected chi connectivity index (χ2v) is 6.78. The Kier molecular flexibility index (Phi) is 4.44. The van der Waals surface area contributed by atoms with Crippen LogP contribution in [0.4, 0.5) is 0 Å². The molecule has 0 bridgehead atoms. The zero-order valence-corrected chi connectivity index (χ0v) is 14.8. The first-order valence-corrected chi connectivity index (χ1v) is 8.39. The highest BCUT2D eigenvalue weighted by atomic mass is 16.3. The fourth-order valence-electron chi connectivity index (χ4n) is 3.59. The van der Waals surface area contributed by atoms with Gasteiger partial charge in [-0.3, -0.25) is 0 Å². The maximum Gasteiger partial charge on any atom is 0.122 e. The lowest BCUT2D eigenvalue weighted by Crippen LogP contribution is -2.06. The highest BCUT2D eigenvalue weighted by molar-refractivity contribution is 5.53. The molecule has 0 radical (unpaired) electrons. The van der Waals surface area contributed by atoms with E-state index in [1.165, 1.54) is 27.8 Å². The van der Waals surface area contributed by atoms with Crippen LogP contribution in [-0.2, 0) is 0 Å². The molecule has 1 heteroatoms. The maximum atomic E-state index is 10.8. The van der Waals surface area contributed by atoms with Crippen molar-refractivity contribution in [3.8, 4) is 5.75 Å². The molecule has 0 amide bonds. The second-order valence-electron chi connectivity index (χ2n) is 6.78. The summed E-state index contributed by atoms with van der Waals surface area (Å²) < 4.78 is 0. The molecule has 0 fully saturated rings. The molecule has 0 spiro atoms. The molecule has 0 saturated heterocycles. The first-order chi connectivity index (χ1) is 11.5. The van der Waals surface area contributed by atoms with Crippen LogP contribution in [0.15, 0.2) is 60.7 Å². The van der Waals surface area contributed by atoms with Crippen molar-refractivity contribution in [2.75, 3.05) is 0 Å². The number of rotatable bonds is 3. The lowest BCUT2D eigenvalue weighted by molar-refractivity contribution is 0.462. The number of benzene rings is 3. The minimum absolute atomic E-state index is 0.0309. The van der Waals surface area contributed by atoms with Crippen molar-refractivity contribution in [1.82, 2.24) is 0 Å². The van der Waals surface area contributed by atoms with Crippen LogP contribution in [0.3, 0.4) is 0 Å². The summed E-state index contributed by atoms with van der Waals surface area (Å²) in [5.41, 5.74) is 7.98. The second kappa shape index (κ2) is 6.52. The smallest absolute Gasteiger partial charge is 0.122 e. The van der Waals surface area contributed by atoms with Gasteiger partial charge in [0.05, 0.1) is 0 Å². The van der Waals surface area contributed by atoms with E-state index in [2.05, 4.69) is 69.3 Å². The van der Waals surface area contributed by atoms with Crippen LogP contribution in [0.25, 0.3) is 0 Å². The zero-order valence-electron chi connectivity index (χ0n) is 14.8. The highest BCUT2D eigenvalue weighted by Gasteiger charge is 2.21.